The number of anilines is 1. The number of hydrogen-bond acceptors (Lipinski definition) is 2. The lowest BCUT2D eigenvalue weighted by molar-refractivity contribution is -0.111. The summed E-state index contributed by atoms with van der Waals surface area (Å²) in [7, 11) is 0. The Hall–Kier alpha value is -2.55. The Balaban J connectivity index is 2.09. The van der Waals surface area contributed by atoms with Crippen molar-refractivity contribution in [1.29, 1.82) is 0 Å². The average Bonchev–Trinajstić information content (AvgIpc) is 2.47. The highest BCUT2D eigenvalue weighted by Gasteiger charge is 2.06. The molecule has 0 saturated carbocycles. The molecule has 0 spiro atoms. The van der Waals surface area contributed by atoms with E-state index in [2.05, 4.69) is 5.32 Å². The smallest absolute Gasteiger partial charge is 0.248 e. The summed E-state index contributed by atoms with van der Waals surface area (Å²) in [4.78, 5) is 11.9. The molecule has 2 aromatic carbocycles. The monoisotopic (exact) mass is 267 g/mol. The topological polar surface area (TPSA) is 49.3 Å². The third-order valence-corrected chi connectivity index (χ3v) is 3.24. The maximum Gasteiger partial charge on any atom is 0.248 e. The predicted octanol–water partition coefficient (Wildman–Crippen LogP) is 3.66. The van der Waals surface area contributed by atoms with Crippen molar-refractivity contribution in [3.63, 3.8) is 0 Å². The van der Waals surface area contributed by atoms with E-state index in [4.69, 9.17) is 0 Å². The number of carbonyl (C=O) groups excluding carboxylic acids is 1. The fraction of sp³-hybridized carbons (Fsp3) is 0.118. The van der Waals surface area contributed by atoms with Gasteiger partial charge < -0.3 is 10.4 Å². The first-order valence-corrected chi connectivity index (χ1v) is 6.41. The van der Waals surface area contributed by atoms with E-state index in [1.807, 2.05) is 44.2 Å². The largest absolute Gasteiger partial charge is 0.508 e. The highest BCUT2D eigenvalue weighted by Crippen LogP contribution is 2.26. The molecule has 0 aliphatic rings. The van der Waals surface area contributed by atoms with Gasteiger partial charge in [0.25, 0.3) is 0 Å². The fourth-order valence-electron chi connectivity index (χ4n) is 1.85. The molecule has 0 radical (unpaired) electrons. The van der Waals surface area contributed by atoms with Crippen LogP contribution < -0.4 is 5.32 Å². The predicted molar refractivity (Wildman–Crippen MR) is 81.7 cm³/mol. The number of carbonyl (C=O) groups is 1. The molecule has 2 rings (SSSR count). The Labute approximate surface area is 118 Å². The van der Waals surface area contributed by atoms with Crippen LogP contribution in [0.2, 0.25) is 0 Å². The highest BCUT2D eigenvalue weighted by molar-refractivity contribution is 6.02. The van der Waals surface area contributed by atoms with Crippen LogP contribution in [0.25, 0.3) is 6.08 Å². The van der Waals surface area contributed by atoms with Gasteiger partial charge in [-0.1, -0.05) is 30.3 Å². The number of benzene rings is 2. The SMILES string of the molecule is Cc1c(O)ccc(NC(=O)/C=C/c2ccccc2)c1C. The van der Waals surface area contributed by atoms with E-state index < -0.39 is 0 Å². The van der Waals surface area contributed by atoms with Crippen molar-refractivity contribution in [1.82, 2.24) is 0 Å². The zero-order valence-electron chi connectivity index (χ0n) is 11.6. The zero-order valence-corrected chi connectivity index (χ0v) is 11.6. The minimum atomic E-state index is -0.193. The third kappa shape index (κ3) is 3.26. The van der Waals surface area contributed by atoms with Crippen LogP contribution >= 0.6 is 0 Å². The molecule has 0 fully saturated rings. The van der Waals surface area contributed by atoms with Crippen LogP contribution in [0, 0.1) is 13.8 Å². The molecule has 3 nitrogen and oxygen atoms in total. The molecule has 0 atom stereocenters. The van der Waals surface area contributed by atoms with Gasteiger partial charge in [-0.15, -0.1) is 0 Å². The van der Waals surface area contributed by atoms with Gasteiger partial charge in [0.05, 0.1) is 0 Å². The number of amides is 1. The maximum atomic E-state index is 11.9. The van der Waals surface area contributed by atoms with Crippen LogP contribution in [-0.2, 0) is 4.79 Å². The number of nitrogens with one attached hydrogen (secondary N) is 1. The van der Waals surface area contributed by atoms with E-state index in [1.165, 1.54) is 6.08 Å². The first kappa shape index (κ1) is 13.9. The van der Waals surface area contributed by atoms with Crippen molar-refractivity contribution >= 4 is 17.7 Å². The molecule has 0 aliphatic heterocycles. The minimum absolute atomic E-state index is 0.193. The third-order valence-electron chi connectivity index (χ3n) is 3.24. The number of phenols is 1. The van der Waals surface area contributed by atoms with Gasteiger partial charge in [0.2, 0.25) is 5.91 Å². The minimum Gasteiger partial charge on any atom is -0.508 e. The summed E-state index contributed by atoms with van der Waals surface area (Å²) < 4.78 is 0. The Bertz CT molecular complexity index is 646. The second-order valence-corrected chi connectivity index (χ2v) is 4.62. The van der Waals surface area contributed by atoms with Crippen molar-refractivity contribution in [2.24, 2.45) is 0 Å². The van der Waals surface area contributed by atoms with Gasteiger partial charge in [-0.05, 0) is 48.7 Å². The molecule has 0 unspecified atom stereocenters. The Morgan fingerprint density at radius 1 is 1.05 bits per heavy atom. The molecule has 102 valence electrons. The van der Waals surface area contributed by atoms with E-state index in [0.29, 0.717) is 5.69 Å². The van der Waals surface area contributed by atoms with E-state index in [9.17, 15) is 9.90 Å². The molecule has 0 heterocycles. The number of hydrogen-bond donors (Lipinski definition) is 2. The highest BCUT2D eigenvalue weighted by atomic mass is 16.3. The van der Waals surface area contributed by atoms with Crippen LogP contribution in [0.4, 0.5) is 5.69 Å². The molecule has 1 amide bonds. The van der Waals surface area contributed by atoms with Gasteiger partial charge >= 0.3 is 0 Å². The molecule has 0 bridgehead atoms. The van der Waals surface area contributed by atoms with Crippen molar-refractivity contribution in [2.75, 3.05) is 5.32 Å². The summed E-state index contributed by atoms with van der Waals surface area (Å²) in [5.41, 5.74) is 3.32. The molecule has 0 aliphatic carbocycles. The molecule has 0 aromatic heterocycles. The van der Waals surface area contributed by atoms with Crippen molar-refractivity contribution in [2.45, 2.75) is 13.8 Å². The van der Waals surface area contributed by atoms with Gasteiger partial charge in [-0.25, -0.2) is 0 Å². The van der Waals surface area contributed by atoms with Gasteiger partial charge in [-0.2, -0.15) is 0 Å². The van der Waals surface area contributed by atoms with E-state index >= 15 is 0 Å². The van der Waals surface area contributed by atoms with Crippen molar-refractivity contribution < 1.29 is 9.90 Å². The first-order chi connectivity index (χ1) is 9.58. The van der Waals surface area contributed by atoms with Gasteiger partial charge in [0.15, 0.2) is 0 Å². The standard InChI is InChI=1S/C17H17NO2/c1-12-13(2)16(19)10-9-15(12)18-17(20)11-8-14-6-4-3-5-7-14/h3-11,19H,1-2H3,(H,18,20)/b11-8+. The quantitative estimate of drug-likeness (QED) is 0.658. The fourth-order valence-corrected chi connectivity index (χ4v) is 1.85. The number of aromatic hydroxyl groups is 1. The lowest BCUT2D eigenvalue weighted by Gasteiger charge is -2.10. The second kappa shape index (κ2) is 6.06. The van der Waals surface area contributed by atoms with Crippen LogP contribution in [0.15, 0.2) is 48.5 Å². The summed E-state index contributed by atoms with van der Waals surface area (Å²) >= 11 is 0. The normalized spacial score (nSPS) is 10.7. The summed E-state index contributed by atoms with van der Waals surface area (Å²) in [6.45, 7) is 3.69. The van der Waals surface area contributed by atoms with Crippen molar-refractivity contribution in [3.8, 4) is 5.75 Å². The zero-order chi connectivity index (χ0) is 14.5. The first-order valence-electron chi connectivity index (χ1n) is 6.41. The summed E-state index contributed by atoms with van der Waals surface area (Å²) in [6.07, 6.45) is 3.26. The van der Waals surface area contributed by atoms with Gasteiger partial charge in [0.1, 0.15) is 5.75 Å². The Morgan fingerprint density at radius 2 is 1.75 bits per heavy atom. The van der Waals surface area contributed by atoms with Crippen LogP contribution in [-0.4, -0.2) is 11.0 Å². The lowest BCUT2D eigenvalue weighted by atomic mass is 10.1. The summed E-state index contributed by atoms with van der Waals surface area (Å²) in [6, 6.07) is 12.9. The molecular weight excluding hydrogens is 250 g/mol. The lowest BCUT2D eigenvalue weighted by Crippen LogP contribution is -2.09. The Morgan fingerprint density at radius 3 is 2.45 bits per heavy atom. The van der Waals surface area contributed by atoms with E-state index in [1.54, 1.807) is 18.2 Å². The number of rotatable bonds is 3. The molecule has 2 N–H and O–H groups in total. The molecule has 0 saturated heterocycles. The molecule has 3 heteroatoms. The van der Waals surface area contributed by atoms with Crippen molar-refractivity contribution in [3.05, 3.63) is 65.2 Å². The number of phenolic OH excluding ortho intramolecular Hbond substituents is 1. The van der Waals surface area contributed by atoms with E-state index in [0.717, 1.165) is 16.7 Å². The summed E-state index contributed by atoms with van der Waals surface area (Å²) in [5, 5.41) is 12.4. The second-order valence-electron chi connectivity index (χ2n) is 4.62. The van der Waals surface area contributed by atoms with E-state index in [-0.39, 0.29) is 11.7 Å². The molecular formula is C17H17NO2. The van der Waals surface area contributed by atoms with Crippen LogP contribution in [0.1, 0.15) is 16.7 Å². The van der Waals surface area contributed by atoms with Gasteiger partial charge in [-0.3, -0.25) is 4.79 Å². The van der Waals surface area contributed by atoms with Crippen LogP contribution in [0.3, 0.4) is 0 Å². The molecule has 2 aromatic rings. The van der Waals surface area contributed by atoms with Gasteiger partial charge in [0, 0.05) is 11.8 Å². The van der Waals surface area contributed by atoms with Crippen LogP contribution in [0.5, 0.6) is 5.75 Å². The summed E-state index contributed by atoms with van der Waals surface area (Å²) in [5.74, 6) is 0.0439. The average molecular weight is 267 g/mol. The Kier molecular flexibility index (Phi) is 4.20. The maximum absolute atomic E-state index is 11.9. The molecule has 20 heavy (non-hydrogen) atoms.